The number of hydrogen-bond donors (Lipinski definition) is 3. The fourth-order valence-electron chi connectivity index (χ4n) is 2.35. The SMILES string of the molecule is Cc1sc(NC(=O)NC2CCN(C)C2)c(C(=O)O)c1C. The van der Waals surface area contributed by atoms with Crippen molar-refractivity contribution in [2.24, 2.45) is 0 Å². The zero-order valence-corrected chi connectivity index (χ0v) is 12.6. The summed E-state index contributed by atoms with van der Waals surface area (Å²) in [4.78, 5) is 26.2. The zero-order valence-electron chi connectivity index (χ0n) is 11.8. The van der Waals surface area contributed by atoms with Gasteiger partial charge in [-0.15, -0.1) is 11.3 Å². The quantitative estimate of drug-likeness (QED) is 0.796. The molecule has 3 N–H and O–H groups in total. The van der Waals surface area contributed by atoms with Gasteiger partial charge < -0.3 is 15.3 Å². The second kappa shape index (κ2) is 5.80. The maximum atomic E-state index is 11.9. The number of hydrogen-bond acceptors (Lipinski definition) is 4. The Balaban J connectivity index is 2.04. The van der Waals surface area contributed by atoms with Gasteiger partial charge in [0.25, 0.3) is 0 Å². The maximum Gasteiger partial charge on any atom is 0.338 e. The van der Waals surface area contributed by atoms with Crippen LogP contribution in [0, 0.1) is 13.8 Å². The first-order valence-electron chi connectivity index (χ1n) is 6.47. The molecule has 0 spiro atoms. The second-order valence-electron chi connectivity index (χ2n) is 5.14. The summed E-state index contributed by atoms with van der Waals surface area (Å²) in [6.45, 7) is 5.38. The molecule has 2 rings (SSSR count). The van der Waals surface area contributed by atoms with Crippen molar-refractivity contribution in [3.05, 3.63) is 16.0 Å². The van der Waals surface area contributed by atoms with E-state index in [0.29, 0.717) is 10.6 Å². The van der Waals surface area contributed by atoms with Crippen LogP contribution in [0.4, 0.5) is 9.80 Å². The highest BCUT2D eigenvalue weighted by Gasteiger charge is 2.23. The lowest BCUT2D eigenvalue weighted by atomic mass is 10.1. The van der Waals surface area contributed by atoms with E-state index in [1.54, 1.807) is 6.92 Å². The lowest BCUT2D eigenvalue weighted by Gasteiger charge is -2.13. The molecule has 0 saturated carbocycles. The highest BCUT2D eigenvalue weighted by atomic mass is 32.1. The number of anilines is 1. The zero-order chi connectivity index (χ0) is 14.9. The highest BCUT2D eigenvalue weighted by Crippen LogP contribution is 2.32. The molecule has 0 aliphatic carbocycles. The first kappa shape index (κ1) is 14.8. The number of aromatic carboxylic acids is 1. The molecule has 2 amide bonds. The Bertz CT molecular complexity index is 541. The Labute approximate surface area is 121 Å². The Morgan fingerprint density at radius 2 is 2.10 bits per heavy atom. The smallest absolute Gasteiger partial charge is 0.338 e. The summed E-state index contributed by atoms with van der Waals surface area (Å²) in [6.07, 6.45) is 0.915. The fraction of sp³-hybridized carbons (Fsp3) is 0.538. The molecule has 0 aromatic carbocycles. The molecule has 1 aromatic rings. The topological polar surface area (TPSA) is 81.7 Å². The monoisotopic (exact) mass is 297 g/mol. The van der Waals surface area contributed by atoms with Gasteiger partial charge in [-0.2, -0.15) is 0 Å². The number of carboxylic acids is 1. The number of carbonyl (C=O) groups excluding carboxylic acids is 1. The van der Waals surface area contributed by atoms with Gasteiger partial charge in [-0.05, 0) is 39.4 Å². The summed E-state index contributed by atoms with van der Waals surface area (Å²) in [5.41, 5.74) is 0.893. The Morgan fingerprint density at radius 3 is 2.65 bits per heavy atom. The average molecular weight is 297 g/mol. The van der Waals surface area contributed by atoms with Gasteiger partial charge in [-0.3, -0.25) is 5.32 Å². The summed E-state index contributed by atoms with van der Waals surface area (Å²) in [6, 6.07) is -0.218. The molecule has 0 radical (unpaired) electrons. The Kier molecular flexibility index (Phi) is 4.29. The highest BCUT2D eigenvalue weighted by molar-refractivity contribution is 7.16. The third-order valence-corrected chi connectivity index (χ3v) is 4.68. The van der Waals surface area contributed by atoms with Gasteiger partial charge in [0.1, 0.15) is 5.00 Å². The van der Waals surface area contributed by atoms with Gasteiger partial charge in [-0.25, -0.2) is 9.59 Å². The number of carbonyl (C=O) groups is 2. The molecule has 1 saturated heterocycles. The lowest BCUT2D eigenvalue weighted by molar-refractivity contribution is 0.0697. The van der Waals surface area contributed by atoms with Crippen LogP contribution in [0.2, 0.25) is 0 Å². The summed E-state index contributed by atoms with van der Waals surface area (Å²) in [5.74, 6) is -1.01. The minimum Gasteiger partial charge on any atom is -0.478 e. The minimum atomic E-state index is -1.01. The largest absolute Gasteiger partial charge is 0.478 e. The van der Waals surface area contributed by atoms with Gasteiger partial charge in [0, 0.05) is 17.5 Å². The number of rotatable bonds is 3. The molecular formula is C13H19N3O3S. The third kappa shape index (κ3) is 3.10. The lowest BCUT2D eigenvalue weighted by Crippen LogP contribution is -2.39. The van der Waals surface area contributed by atoms with Crippen molar-refractivity contribution in [1.82, 2.24) is 10.2 Å². The predicted molar refractivity (Wildman–Crippen MR) is 78.8 cm³/mol. The molecule has 20 heavy (non-hydrogen) atoms. The van der Waals surface area contributed by atoms with Crippen molar-refractivity contribution in [1.29, 1.82) is 0 Å². The van der Waals surface area contributed by atoms with E-state index in [9.17, 15) is 14.7 Å². The standard InChI is InChI=1S/C13H19N3O3S/c1-7-8(2)20-11(10(7)12(17)18)15-13(19)14-9-4-5-16(3)6-9/h9H,4-6H2,1-3H3,(H,17,18)(H2,14,15,19). The molecule has 7 heteroatoms. The summed E-state index contributed by atoms with van der Waals surface area (Å²) >= 11 is 1.29. The van der Waals surface area contributed by atoms with Crippen LogP contribution in [0.5, 0.6) is 0 Å². The number of likely N-dealkylation sites (N-methyl/N-ethyl adjacent to an activating group) is 1. The Morgan fingerprint density at radius 1 is 1.40 bits per heavy atom. The minimum absolute atomic E-state index is 0.121. The number of thiophene rings is 1. The second-order valence-corrected chi connectivity index (χ2v) is 6.36. The van der Waals surface area contributed by atoms with Crippen molar-refractivity contribution >= 4 is 28.3 Å². The molecule has 2 heterocycles. The number of amides is 2. The van der Waals surface area contributed by atoms with Crippen molar-refractivity contribution in [3.8, 4) is 0 Å². The third-order valence-electron chi connectivity index (χ3n) is 3.55. The van der Waals surface area contributed by atoms with E-state index < -0.39 is 5.97 Å². The molecule has 1 fully saturated rings. The van der Waals surface area contributed by atoms with Gasteiger partial charge in [0.15, 0.2) is 0 Å². The number of aryl methyl sites for hydroxylation is 1. The van der Waals surface area contributed by atoms with Crippen LogP contribution in [0.3, 0.4) is 0 Å². The van der Waals surface area contributed by atoms with Gasteiger partial charge >= 0.3 is 12.0 Å². The normalized spacial score (nSPS) is 19.1. The van der Waals surface area contributed by atoms with E-state index in [-0.39, 0.29) is 17.6 Å². The number of nitrogens with zero attached hydrogens (tertiary/aromatic N) is 1. The van der Waals surface area contributed by atoms with Crippen LogP contribution in [0.25, 0.3) is 0 Å². The molecule has 1 aromatic heterocycles. The van der Waals surface area contributed by atoms with Gasteiger partial charge in [-0.1, -0.05) is 0 Å². The molecular weight excluding hydrogens is 278 g/mol. The predicted octanol–water partition coefficient (Wildman–Crippen LogP) is 1.89. The molecule has 1 unspecified atom stereocenters. The van der Waals surface area contributed by atoms with Crippen molar-refractivity contribution < 1.29 is 14.7 Å². The molecule has 1 aliphatic rings. The van der Waals surface area contributed by atoms with E-state index in [1.165, 1.54) is 11.3 Å². The summed E-state index contributed by atoms with van der Waals surface area (Å²) in [5, 5.41) is 15.2. The Hall–Kier alpha value is -1.60. The number of urea groups is 1. The van der Waals surface area contributed by atoms with E-state index in [2.05, 4.69) is 15.5 Å². The molecule has 1 aliphatic heterocycles. The van der Waals surface area contributed by atoms with Gasteiger partial charge in [0.05, 0.1) is 5.56 Å². The molecule has 1 atom stereocenters. The fourth-order valence-corrected chi connectivity index (χ4v) is 3.40. The van der Waals surface area contributed by atoms with E-state index in [4.69, 9.17) is 0 Å². The van der Waals surface area contributed by atoms with Crippen molar-refractivity contribution in [2.75, 3.05) is 25.5 Å². The first-order valence-corrected chi connectivity index (χ1v) is 7.29. The molecule has 110 valence electrons. The van der Waals surface area contributed by atoms with E-state index >= 15 is 0 Å². The van der Waals surface area contributed by atoms with Crippen molar-refractivity contribution in [3.63, 3.8) is 0 Å². The van der Waals surface area contributed by atoms with Crippen LogP contribution < -0.4 is 10.6 Å². The first-order chi connectivity index (χ1) is 9.38. The van der Waals surface area contributed by atoms with Crippen LogP contribution >= 0.6 is 11.3 Å². The number of nitrogens with one attached hydrogen (secondary N) is 2. The van der Waals surface area contributed by atoms with Crippen LogP contribution in [-0.4, -0.2) is 48.2 Å². The summed E-state index contributed by atoms with van der Waals surface area (Å²) in [7, 11) is 2.01. The molecule has 0 bridgehead atoms. The molecule has 6 nitrogen and oxygen atoms in total. The number of carboxylic acid groups (broad SMARTS) is 1. The average Bonchev–Trinajstić information content (AvgIpc) is 2.84. The van der Waals surface area contributed by atoms with Crippen LogP contribution in [0.15, 0.2) is 0 Å². The van der Waals surface area contributed by atoms with Crippen LogP contribution in [-0.2, 0) is 0 Å². The van der Waals surface area contributed by atoms with E-state index in [1.807, 2.05) is 14.0 Å². The maximum absolute atomic E-state index is 11.9. The summed E-state index contributed by atoms with van der Waals surface area (Å²) < 4.78 is 0. The van der Waals surface area contributed by atoms with Crippen molar-refractivity contribution in [2.45, 2.75) is 26.3 Å². The van der Waals surface area contributed by atoms with Gasteiger partial charge in [0.2, 0.25) is 0 Å². The van der Waals surface area contributed by atoms with Crippen LogP contribution in [0.1, 0.15) is 27.2 Å². The number of likely N-dealkylation sites (tertiary alicyclic amines) is 1. The van der Waals surface area contributed by atoms with E-state index in [0.717, 1.165) is 24.4 Å².